The summed E-state index contributed by atoms with van der Waals surface area (Å²) in [6.45, 7) is 0.902. The molecule has 5 rings (SSSR count). The van der Waals surface area contributed by atoms with Crippen molar-refractivity contribution in [3.8, 4) is 0 Å². The van der Waals surface area contributed by atoms with Crippen molar-refractivity contribution in [3.05, 3.63) is 34.4 Å². The topological polar surface area (TPSA) is 148 Å². The van der Waals surface area contributed by atoms with E-state index < -0.39 is 10.0 Å². The largest absolute Gasteiger partial charge is 0.369 e. The number of anilines is 3. The van der Waals surface area contributed by atoms with E-state index in [1.54, 1.807) is 24.4 Å². The molecule has 0 spiro atoms. The molecule has 2 aromatic heterocycles. The van der Waals surface area contributed by atoms with Gasteiger partial charge in [-0.2, -0.15) is 4.98 Å². The van der Waals surface area contributed by atoms with Gasteiger partial charge in [0.1, 0.15) is 5.52 Å². The summed E-state index contributed by atoms with van der Waals surface area (Å²) in [5.74, 6) is 0.575. The number of benzene rings is 1. The molecule has 0 atom stereocenters. The lowest BCUT2D eigenvalue weighted by Crippen LogP contribution is -2.42. The number of aromatic nitrogens is 4. The van der Waals surface area contributed by atoms with E-state index in [-0.39, 0.29) is 23.9 Å². The number of para-hydroxylation sites is 1. The number of nitrogens with two attached hydrogens (primary N) is 1. The number of primary amides is 1. The van der Waals surface area contributed by atoms with Crippen LogP contribution in [0.4, 0.5) is 17.6 Å². The lowest BCUT2D eigenvalue weighted by molar-refractivity contribution is -0.122. The van der Waals surface area contributed by atoms with E-state index in [1.165, 1.54) is 10.6 Å². The van der Waals surface area contributed by atoms with Gasteiger partial charge in [-0.1, -0.05) is 29.3 Å². The number of imidazole rings is 1. The number of piperidine rings is 1. The molecule has 38 heavy (non-hydrogen) atoms. The van der Waals surface area contributed by atoms with E-state index in [1.807, 2.05) is 4.57 Å². The Morgan fingerprint density at radius 1 is 1.05 bits per heavy atom. The highest BCUT2D eigenvalue weighted by Crippen LogP contribution is 2.39. The fraction of sp³-hybridized carbons (Fsp3) is 0.500. The summed E-state index contributed by atoms with van der Waals surface area (Å²) in [5.41, 5.74) is 7.35. The number of amides is 1. The predicted molar refractivity (Wildman–Crippen MR) is 148 cm³/mol. The second-order valence-corrected chi connectivity index (χ2v) is 12.7. The first-order chi connectivity index (χ1) is 18.1. The first kappa shape index (κ1) is 26.9. The van der Waals surface area contributed by atoms with Crippen molar-refractivity contribution in [1.29, 1.82) is 0 Å². The maximum absolute atomic E-state index is 11.8. The zero-order chi connectivity index (χ0) is 27.0. The van der Waals surface area contributed by atoms with E-state index in [0.29, 0.717) is 77.6 Å². The average molecular weight is 582 g/mol. The van der Waals surface area contributed by atoms with Crippen LogP contribution in [0.5, 0.6) is 0 Å². The number of fused-ring (bicyclic) bond motifs is 1. The van der Waals surface area contributed by atoms with Crippen molar-refractivity contribution in [3.63, 3.8) is 0 Å². The van der Waals surface area contributed by atoms with Crippen molar-refractivity contribution in [2.75, 3.05) is 30.0 Å². The number of sulfonamides is 1. The minimum Gasteiger partial charge on any atom is -0.369 e. The summed E-state index contributed by atoms with van der Waals surface area (Å²) in [7, 11) is -3.20. The normalized spacial score (nSPS) is 21.4. The van der Waals surface area contributed by atoms with Crippen LogP contribution in [-0.4, -0.2) is 63.5 Å². The van der Waals surface area contributed by atoms with Crippen molar-refractivity contribution in [2.45, 2.75) is 50.6 Å². The molecule has 14 heteroatoms. The van der Waals surface area contributed by atoms with Crippen LogP contribution < -0.4 is 16.4 Å². The fourth-order valence-corrected chi connectivity index (χ4v) is 6.62. The predicted octanol–water partition coefficient (Wildman–Crippen LogP) is 3.93. The number of rotatable bonds is 7. The van der Waals surface area contributed by atoms with Crippen LogP contribution >= 0.6 is 23.2 Å². The Labute approximate surface area is 231 Å². The summed E-state index contributed by atoms with van der Waals surface area (Å²) in [4.78, 5) is 25.8. The molecule has 0 radical (unpaired) electrons. The van der Waals surface area contributed by atoms with Crippen LogP contribution in [0.2, 0.25) is 10.0 Å². The van der Waals surface area contributed by atoms with Crippen LogP contribution in [0.15, 0.2) is 24.4 Å². The fourth-order valence-electron chi connectivity index (χ4n) is 5.26. The molecule has 1 saturated heterocycles. The van der Waals surface area contributed by atoms with Gasteiger partial charge in [-0.05, 0) is 50.7 Å². The highest BCUT2D eigenvalue weighted by molar-refractivity contribution is 7.88. The summed E-state index contributed by atoms with van der Waals surface area (Å²) >= 11 is 12.9. The molecule has 1 aromatic carbocycles. The van der Waals surface area contributed by atoms with Crippen molar-refractivity contribution in [2.24, 2.45) is 11.7 Å². The van der Waals surface area contributed by atoms with Gasteiger partial charge < -0.3 is 16.4 Å². The number of nitrogens with one attached hydrogen (secondary N) is 2. The maximum atomic E-state index is 11.8. The highest BCUT2D eigenvalue weighted by Gasteiger charge is 2.30. The molecule has 3 aromatic rings. The highest BCUT2D eigenvalue weighted by atomic mass is 35.5. The maximum Gasteiger partial charge on any atom is 0.224 e. The Kier molecular flexibility index (Phi) is 7.67. The molecule has 1 aliphatic carbocycles. The van der Waals surface area contributed by atoms with Crippen molar-refractivity contribution < 1.29 is 13.2 Å². The third-order valence-electron chi connectivity index (χ3n) is 7.35. The van der Waals surface area contributed by atoms with Gasteiger partial charge in [0.05, 0.1) is 28.2 Å². The van der Waals surface area contributed by atoms with Gasteiger partial charge in [0, 0.05) is 31.1 Å². The van der Waals surface area contributed by atoms with Gasteiger partial charge in [0.15, 0.2) is 5.65 Å². The molecule has 1 aliphatic heterocycles. The van der Waals surface area contributed by atoms with E-state index in [2.05, 4.69) is 15.6 Å². The molecule has 2 fully saturated rings. The minimum atomic E-state index is -3.20. The molecule has 4 N–H and O–H groups in total. The SMILES string of the molecule is CS(=O)(=O)N1CCC(Nc2ncc3nc(Nc4c(Cl)cccc4Cl)n([C@H]4CC[C@@H](C(N)=O)CC4)c3n2)CC1. The quantitative estimate of drug-likeness (QED) is 0.380. The number of carbonyl (C=O) groups excluding carboxylic acids is 1. The zero-order valence-electron chi connectivity index (χ0n) is 20.9. The van der Waals surface area contributed by atoms with Gasteiger partial charge in [-0.15, -0.1) is 0 Å². The molecule has 1 amide bonds. The first-order valence-corrected chi connectivity index (χ1v) is 15.2. The second kappa shape index (κ2) is 10.8. The van der Waals surface area contributed by atoms with Crippen molar-refractivity contribution >= 4 is 67.9 Å². The van der Waals surface area contributed by atoms with Gasteiger partial charge in [-0.3, -0.25) is 9.36 Å². The number of halogens is 2. The van der Waals surface area contributed by atoms with Crippen molar-refractivity contribution in [1.82, 2.24) is 23.8 Å². The minimum absolute atomic E-state index is 0.0279. The molecule has 1 saturated carbocycles. The number of carbonyl (C=O) groups is 1. The Hall–Kier alpha value is -2.67. The molecule has 0 bridgehead atoms. The Bertz CT molecular complexity index is 1430. The Balaban J connectivity index is 1.45. The van der Waals surface area contributed by atoms with E-state index in [4.69, 9.17) is 38.9 Å². The zero-order valence-corrected chi connectivity index (χ0v) is 23.2. The Morgan fingerprint density at radius 2 is 1.71 bits per heavy atom. The smallest absolute Gasteiger partial charge is 0.224 e. The number of nitrogens with zero attached hydrogens (tertiary/aromatic N) is 5. The van der Waals surface area contributed by atoms with Crippen LogP contribution in [0, 0.1) is 5.92 Å². The summed E-state index contributed by atoms with van der Waals surface area (Å²) in [5, 5.41) is 7.58. The third kappa shape index (κ3) is 5.68. The summed E-state index contributed by atoms with van der Waals surface area (Å²) in [6, 6.07) is 5.34. The van der Waals surface area contributed by atoms with Crippen LogP contribution in [0.1, 0.15) is 44.6 Å². The van der Waals surface area contributed by atoms with Crippen LogP contribution in [0.25, 0.3) is 11.2 Å². The molecular weight excluding hydrogens is 551 g/mol. The lowest BCUT2D eigenvalue weighted by Gasteiger charge is -2.30. The number of hydrogen-bond acceptors (Lipinski definition) is 8. The first-order valence-electron chi connectivity index (χ1n) is 12.6. The monoisotopic (exact) mass is 580 g/mol. The average Bonchev–Trinajstić information content (AvgIpc) is 3.23. The number of hydrogen-bond donors (Lipinski definition) is 3. The van der Waals surface area contributed by atoms with Crippen LogP contribution in [-0.2, 0) is 14.8 Å². The lowest BCUT2D eigenvalue weighted by atomic mass is 9.85. The van der Waals surface area contributed by atoms with Crippen LogP contribution in [0.3, 0.4) is 0 Å². The molecule has 2 aliphatic rings. The third-order valence-corrected chi connectivity index (χ3v) is 9.29. The molecular formula is C24H30Cl2N8O3S. The van der Waals surface area contributed by atoms with E-state index >= 15 is 0 Å². The molecule has 0 unspecified atom stereocenters. The Morgan fingerprint density at radius 3 is 2.32 bits per heavy atom. The molecule has 3 heterocycles. The van der Waals surface area contributed by atoms with Gasteiger partial charge >= 0.3 is 0 Å². The van der Waals surface area contributed by atoms with E-state index in [0.717, 1.165) is 12.8 Å². The van der Waals surface area contributed by atoms with Gasteiger partial charge in [0.2, 0.25) is 27.8 Å². The standard InChI is InChI=1S/C24H30Cl2N8O3S/c1-38(36,37)33-11-9-15(10-12-33)29-23-28-13-19-22(32-23)34(16-7-5-14(6-8-16)21(27)35)24(30-19)31-20-17(25)3-2-4-18(20)26/h2-4,13-16H,5-12H2,1H3,(H2,27,35)(H,30,31)(H,28,29,32)/t14-,16+. The molecule has 11 nitrogen and oxygen atoms in total. The van der Waals surface area contributed by atoms with Gasteiger partial charge in [0.25, 0.3) is 0 Å². The summed E-state index contributed by atoms with van der Waals surface area (Å²) < 4.78 is 27.2. The summed E-state index contributed by atoms with van der Waals surface area (Å²) in [6.07, 6.45) is 7.05. The van der Waals surface area contributed by atoms with Gasteiger partial charge in [-0.25, -0.2) is 22.7 Å². The molecule has 204 valence electrons. The van der Waals surface area contributed by atoms with E-state index in [9.17, 15) is 13.2 Å². The second-order valence-electron chi connectivity index (χ2n) is 9.92.